The van der Waals surface area contributed by atoms with E-state index in [2.05, 4.69) is 260 Å². The van der Waals surface area contributed by atoms with Crippen molar-refractivity contribution < 1.29 is 4.42 Å². The third-order valence-corrected chi connectivity index (χ3v) is 12.9. The van der Waals surface area contributed by atoms with Gasteiger partial charge in [-0.3, -0.25) is 0 Å². The number of hydrogen-bond acceptors (Lipinski definition) is 2. The molecule has 0 aliphatic heterocycles. The third-order valence-electron chi connectivity index (χ3n) is 12.9. The van der Waals surface area contributed by atoms with Crippen molar-refractivity contribution in [2.75, 3.05) is 4.90 Å². The second-order valence-electron chi connectivity index (χ2n) is 16.9. The first-order valence-corrected chi connectivity index (χ1v) is 22.6. The van der Waals surface area contributed by atoms with Gasteiger partial charge in [0.15, 0.2) is 0 Å². The Morgan fingerprint density at radius 2 is 0.667 bits per heavy atom. The molecule has 12 aromatic rings. The lowest BCUT2D eigenvalue weighted by atomic mass is 9.89. The quantitative estimate of drug-likeness (QED) is 0.144. The molecule has 0 fully saturated rings. The number of para-hydroxylation sites is 1. The summed E-state index contributed by atoms with van der Waals surface area (Å²) in [5.74, 6) is 0. The Bertz CT molecular complexity index is 3660. The molecule has 0 N–H and O–H groups in total. The summed E-state index contributed by atoms with van der Waals surface area (Å²) in [4.78, 5) is 2.35. The molecule has 0 saturated heterocycles. The van der Waals surface area contributed by atoms with E-state index in [4.69, 9.17) is 4.42 Å². The van der Waals surface area contributed by atoms with Gasteiger partial charge in [-0.15, -0.1) is 0 Å². The standard InChI is InChI=1S/C64H43NO/c1-3-15-47(16-4-1)56-20-9-11-22-59(56)60-23-12-10-21-57(60)49-32-39-55(40-33-49)65(53-35-28-45(29-36-53)51-27-26-44-14-7-8-19-50(44)42-51)54-37-30-46(31-38-54)52-34-41-63-62(43-52)61-25-13-24-58(64(61)66-63)48-17-5-2-6-18-48/h1-43H. The van der Waals surface area contributed by atoms with E-state index in [1.165, 1.54) is 49.7 Å². The first kappa shape index (κ1) is 38.9. The Hall–Kier alpha value is -8.72. The highest BCUT2D eigenvalue weighted by Gasteiger charge is 2.18. The van der Waals surface area contributed by atoms with Gasteiger partial charge in [0.25, 0.3) is 0 Å². The fourth-order valence-electron chi connectivity index (χ4n) is 9.59. The van der Waals surface area contributed by atoms with Gasteiger partial charge in [0.2, 0.25) is 0 Å². The molecule has 66 heavy (non-hydrogen) atoms. The maximum atomic E-state index is 6.52. The minimum Gasteiger partial charge on any atom is -0.455 e. The molecule has 310 valence electrons. The van der Waals surface area contributed by atoms with Gasteiger partial charge in [-0.05, 0) is 127 Å². The summed E-state index contributed by atoms with van der Waals surface area (Å²) in [5, 5.41) is 4.72. The molecule has 1 heterocycles. The van der Waals surface area contributed by atoms with E-state index in [9.17, 15) is 0 Å². The predicted molar refractivity (Wildman–Crippen MR) is 279 cm³/mol. The van der Waals surface area contributed by atoms with Crippen LogP contribution in [0.4, 0.5) is 17.1 Å². The lowest BCUT2D eigenvalue weighted by Gasteiger charge is -2.26. The Labute approximate surface area is 384 Å². The second kappa shape index (κ2) is 16.8. The highest BCUT2D eigenvalue weighted by Crippen LogP contribution is 2.42. The molecule has 1 aromatic heterocycles. The molecule has 0 bridgehead atoms. The molecule has 2 heteroatoms. The van der Waals surface area contributed by atoms with Crippen LogP contribution in [0, 0.1) is 0 Å². The van der Waals surface area contributed by atoms with Crippen molar-refractivity contribution >= 4 is 49.8 Å². The van der Waals surface area contributed by atoms with Crippen LogP contribution in [0.1, 0.15) is 0 Å². The molecule has 0 unspecified atom stereocenters. The van der Waals surface area contributed by atoms with E-state index < -0.39 is 0 Å². The van der Waals surface area contributed by atoms with Crippen LogP contribution in [0.2, 0.25) is 0 Å². The van der Waals surface area contributed by atoms with Crippen molar-refractivity contribution in [3.05, 3.63) is 261 Å². The smallest absolute Gasteiger partial charge is 0.143 e. The molecule has 0 aliphatic rings. The van der Waals surface area contributed by atoms with Crippen molar-refractivity contribution in [3.63, 3.8) is 0 Å². The predicted octanol–water partition coefficient (Wildman–Crippen LogP) is 18.2. The van der Waals surface area contributed by atoms with Crippen molar-refractivity contribution in [1.29, 1.82) is 0 Å². The first-order chi connectivity index (χ1) is 32.7. The molecule has 0 saturated carbocycles. The lowest BCUT2D eigenvalue weighted by molar-refractivity contribution is 0.670. The number of fused-ring (bicyclic) bond motifs is 4. The minimum atomic E-state index is 0.888. The van der Waals surface area contributed by atoms with Gasteiger partial charge < -0.3 is 9.32 Å². The first-order valence-electron chi connectivity index (χ1n) is 22.6. The number of benzene rings is 11. The van der Waals surface area contributed by atoms with Crippen LogP contribution in [0.15, 0.2) is 265 Å². The highest BCUT2D eigenvalue weighted by atomic mass is 16.3. The minimum absolute atomic E-state index is 0.888. The summed E-state index contributed by atoms with van der Waals surface area (Å²) in [6.45, 7) is 0. The fourth-order valence-corrected chi connectivity index (χ4v) is 9.59. The van der Waals surface area contributed by atoms with Gasteiger partial charge in [-0.1, -0.05) is 206 Å². The molecule has 0 radical (unpaired) electrons. The third kappa shape index (κ3) is 7.21. The Morgan fingerprint density at radius 1 is 0.242 bits per heavy atom. The summed E-state index contributed by atoms with van der Waals surface area (Å²) in [6.07, 6.45) is 0. The topological polar surface area (TPSA) is 16.4 Å². The zero-order valence-electron chi connectivity index (χ0n) is 36.2. The van der Waals surface area contributed by atoms with Crippen LogP contribution >= 0.6 is 0 Å². The van der Waals surface area contributed by atoms with Crippen molar-refractivity contribution in [3.8, 4) is 66.8 Å². The highest BCUT2D eigenvalue weighted by molar-refractivity contribution is 6.10. The number of furan rings is 1. The van der Waals surface area contributed by atoms with Gasteiger partial charge in [0.05, 0.1) is 0 Å². The van der Waals surface area contributed by atoms with Crippen LogP contribution in [-0.2, 0) is 0 Å². The molecular weight excluding hydrogens is 799 g/mol. The zero-order valence-corrected chi connectivity index (χ0v) is 36.2. The normalized spacial score (nSPS) is 11.3. The second-order valence-corrected chi connectivity index (χ2v) is 16.9. The SMILES string of the molecule is c1ccc(-c2ccccc2-c2ccccc2-c2ccc(N(c3ccc(-c4ccc5ccccc5c4)cc3)c3ccc(-c4ccc5oc6c(-c7ccccc7)cccc6c5c4)cc3)cc2)cc1. The number of rotatable bonds is 9. The molecule has 0 aliphatic carbocycles. The monoisotopic (exact) mass is 841 g/mol. The summed E-state index contributed by atoms with van der Waals surface area (Å²) in [5.41, 5.74) is 19.2. The van der Waals surface area contributed by atoms with E-state index in [1.54, 1.807) is 0 Å². The molecule has 0 spiro atoms. The van der Waals surface area contributed by atoms with Crippen LogP contribution in [0.5, 0.6) is 0 Å². The maximum Gasteiger partial charge on any atom is 0.143 e. The van der Waals surface area contributed by atoms with Crippen molar-refractivity contribution in [1.82, 2.24) is 0 Å². The molecule has 0 atom stereocenters. The van der Waals surface area contributed by atoms with E-state index in [0.717, 1.165) is 66.8 Å². The van der Waals surface area contributed by atoms with Crippen LogP contribution < -0.4 is 4.90 Å². The molecule has 12 rings (SSSR count). The summed E-state index contributed by atoms with van der Waals surface area (Å²) in [6, 6.07) is 93.7. The average Bonchev–Trinajstić information content (AvgIpc) is 3.78. The van der Waals surface area contributed by atoms with Crippen LogP contribution in [0.3, 0.4) is 0 Å². The summed E-state index contributed by atoms with van der Waals surface area (Å²) in [7, 11) is 0. The number of anilines is 3. The number of nitrogens with zero attached hydrogens (tertiary/aromatic N) is 1. The van der Waals surface area contributed by atoms with Gasteiger partial charge in [-0.2, -0.15) is 0 Å². The summed E-state index contributed by atoms with van der Waals surface area (Å²) >= 11 is 0. The van der Waals surface area contributed by atoms with Gasteiger partial charge in [-0.25, -0.2) is 0 Å². The van der Waals surface area contributed by atoms with Crippen LogP contribution in [-0.4, -0.2) is 0 Å². The molecule has 11 aromatic carbocycles. The molecule has 0 amide bonds. The molecule has 2 nitrogen and oxygen atoms in total. The average molecular weight is 842 g/mol. The fraction of sp³-hybridized carbons (Fsp3) is 0. The lowest BCUT2D eigenvalue weighted by Crippen LogP contribution is -2.09. The van der Waals surface area contributed by atoms with E-state index in [-0.39, 0.29) is 0 Å². The van der Waals surface area contributed by atoms with E-state index in [0.29, 0.717) is 0 Å². The van der Waals surface area contributed by atoms with Gasteiger partial charge >= 0.3 is 0 Å². The Balaban J connectivity index is 0.915. The maximum absolute atomic E-state index is 6.52. The van der Waals surface area contributed by atoms with E-state index >= 15 is 0 Å². The van der Waals surface area contributed by atoms with Crippen LogP contribution in [0.25, 0.3) is 99.5 Å². The van der Waals surface area contributed by atoms with E-state index in [1.807, 2.05) is 6.07 Å². The van der Waals surface area contributed by atoms with Crippen molar-refractivity contribution in [2.45, 2.75) is 0 Å². The van der Waals surface area contributed by atoms with Gasteiger partial charge in [0, 0.05) is 33.4 Å². The zero-order chi connectivity index (χ0) is 43.8. The Morgan fingerprint density at radius 3 is 1.26 bits per heavy atom. The summed E-state index contributed by atoms with van der Waals surface area (Å²) < 4.78 is 6.52. The largest absolute Gasteiger partial charge is 0.455 e. The molecular formula is C64H43NO. The van der Waals surface area contributed by atoms with Gasteiger partial charge in [0.1, 0.15) is 11.2 Å². The number of hydrogen-bond donors (Lipinski definition) is 0. The van der Waals surface area contributed by atoms with Crippen molar-refractivity contribution in [2.24, 2.45) is 0 Å². The Kier molecular flexibility index (Phi) is 9.89.